The second-order valence-corrected chi connectivity index (χ2v) is 8.89. The molecule has 2 heterocycles. The summed E-state index contributed by atoms with van der Waals surface area (Å²) in [7, 11) is 0. The number of hydrogen-bond donors (Lipinski definition) is 1. The lowest BCUT2D eigenvalue weighted by Crippen LogP contribution is -2.30. The number of fused-ring (bicyclic) bond motifs is 1. The van der Waals surface area contributed by atoms with Gasteiger partial charge in [0.15, 0.2) is 0 Å². The van der Waals surface area contributed by atoms with E-state index in [0.717, 1.165) is 54.4 Å². The molecule has 1 aromatic carbocycles. The molecular formula is C23H30FN3O2. The molecule has 0 unspecified atom stereocenters. The summed E-state index contributed by atoms with van der Waals surface area (Å²) in [6.07, 6.45) is 3.71. The molecule has 0 radical (unpaired) electrons. The topological polar surface area (TPSA) is 68.3 Å². The first kappa shape index (κ1) is 20.1. The number of aryl methyl sites for hydroxylation is 2. The number of nitrogens with two attached hydrogens (primary N) is 1. The van der Waals surface area contributed by atoms with Crippen molar-refractivity contribution in [3.05, 3.63) is 39.4 Å². The van der Waals surface area contributed by atoms with Gasteiger partial charge in [-0.1, -0.05) is 0 Å². The van der Waals surface area contributed by atoms with Crippen molar-refractivity contribution in [1.82, 2.24) is 4.57 Å². The van der Waals surface area contributed by atoms with Crippen LogP contribution in [0.4, 0.5) is 10.1 Å². The Morgan fingerprint density at radius 2 is 2.03 bits per heavy atom. The van der Waals surface area contributed by atoms with Gasteiger partial charge in [-0.2, -0.15) is 0 Å². The van der Waals surface area contributed by atoms with E-state index < -0.39 is 0 Å². The van der Waals surface area contributed by atoms with Crippen molar-refractivity contribution in [2.45, 2.75) is 65.0 Å². The van der Waals surface area contributed by atoms with Gasteiger partial charge in [0.05, 0.1) is 11.2 Å². The Hall–Kier alpha value is -2.21. The normalized spacial score (nSPS) is 20.4. The lowest BCUT2D eigenvalue weighted by atomic mass is 9.98. The van der Waals surface area contributed by atoms with E-state index in [0.29, 0.717) is 24.4 Å². The van der Waals surface area contributed by atoms with E-state index in [9.17, 15) is 9.59 Å². The molecular weight excluding hydrogens is 369 g/mol. The van der Waals surface area contributed by atoms with E-state index in [1.54, 1.807) is 19.1 Å². The highest BCUT2D eigenvalue weighted by atomic mass is 19.1. The first-order chi connectivity index (χ1) is 13.8. The Kier molecular flexibility index (Phi) is 5.23. The van der Waals surface area contributed by atoms with Gasteiger partial charge in [0.2, 0.25) is 0 Å². The van der Waals surface area contributed by atoms with Gasteiger partial charge in [-0.15, -0.1) is 0 Å². The zero-order valence-electron chi connectivity index (χ0n) is 17.5. The average molecular weight is 400 g/mol. The SMILES string of the molecule is CC(=O)CCc1cc(=O)n(C2CC2)c2c(C)c(N3CC[C@@H]([C@H](C)N)C3)c(F)cc12. The first-order valence-electron chi connectivity index (χ1n) is 10.6. The second-order valence-electron chi connectivity index (χ2n) is 8.89. The maximum absolute atomic E-state index is 15.4. The number of ketones is 1. The molecule has 5 nitrogen and oxygen atoms in total. The maximum atomic E-state index is 15.4. The number of carbonyl (C=O) groups is 1. The number of nitrogens with zero attached hydrogens (tertiary/aromatic N) is 2. The number of carbonyl (C=O) groups excluding carboxylic acids is 1. The number of halogens is 1. The Bertz CT molecular complexity index is 1020. The highest BCUT2D eigenvalue weighted by Gasteiger charge is 2.32. The number of pyridine rings is 1. The summed E-state index contributed by atoms with van der Waals surface area (Å²) in [6, 6.07) is 3.44. The summed E-state index contributed by atoms with van der Waals surface area (Å²) in [4.78, 5) is 26.5. The van der Waals surface area contributed by atoms with Gasteiger partial charge in [0.1, 0.15) is 11.6 Å². The number of Topliss-reactive ketones (excluding diaryl/α,β-unsaturated/α-hetero) is 1. The zero-order chi connectivity index (χ0) is 20.9. The molecule has 2 aliphatic rings. The molecule has 29 heavy (non-hydrogen) atoms. The molecule has 4 rings (SSSR count). The predicted octanol–water partition coefficient (Wildman–Crippen LogP) is 3.48. The van der Waals surface area contributed by atoms with Gasteiger partial charge < -0.3 is 20.0 Å². The fourth-order valence-electron chi connectivity index (χ4n) is 4.74. The summed E-state index contributed by atoms with van der Waals surface area (Å²) in [6.45, 7) is 6.97. The van der Waals surface area contributed by atoms with Crippen molar-refractivity contribution in [2.24, 2.45) is 11.7 Å². The minimum absolute atomic E-state index is 0.0471. The van der Waals surface area contributed by atoms with Crippen LogP contribution in [0.5, 0.6) is 0 Å². The highest BCUT2D eigenvalue weighted by Crippen LogP contribution is 2.41. The van der Waals surface area contributed by atoms with Crippen molar-refractivity contribution < 1.29 is 9.18 Å². The third-order valence-electron chi connectivity index (χ3n) is 6.53. The zero-order valence-corrected chi connectivity index (χ0v) is 17.5. The monoisotopic (exact) mass is 399 g/mol. The molecule has 1 aromatic heterocycles. The van der Waals surface area contributed by atoms with Crippen LogP contribution in [-0.4, -0.2) is 29.5 Å². The first-order valence-corrected chi connectivity index (χ1v) is 10.6. The van der Waals surface area contributed by atoms with Gasteiger partial charge in [0.25, 0.3) is 5.56 Å². The Labute approximate surface area is 170 Å². The van der Waals surface area contributed by atoms with E-state index in [1.165, 1.54) is 0 Å². The molecule has 0 spiro atoms. The van der Waals surface area contributed by atoms with Gasteiger partial charge >= 0.3 is 0 Å². The summed E-state index contributed by atoms with van der Waals surface area (Å²) in [5.41, 5.74) is 9.04. The Morgan fingerprint density at radius 1 is 1.31 bits per heavy atom. The van der Waals surface area contributed by atoms with E-state index in [2.05, 4.69) is 4.90 Å². The average Bonchev–Trinajstić information content (AvgIpc) is 3.36. The van der Waals surface area contributed by atoms with Crippen LogP contribution in [0.15, 0.2) is 16.9 Å². The van der Waals surface area contributed by atoms with Crippen molar-refractivity contribution in [3.8, 4) is 0 Å². The van der Waals surface area contributed by atoms with Crippen LogP contribution in [0.2, 0.25) is 0 Å². The molecule has 1 aliphatic heterocycles. The number of benzene rings is 1. The molecule has 6 heteroatoms. The van der Waals surface area contributed by atoms with Crippen LogP contribution >= 0.6 is 0 Å². The minimum atomic E-state index is -0.259. The lowest BCUT2D eigenvalue weighted by Gasteiger charge is -2.25. The van der Waals surface area contributed by atoms with Crippen LogP contribution in [0.3, 0.4) is 0 Å². The largest absolute Gasteiger partial charge is 0.369 e. The van der Waals surface area contributed by atoms with Crippen LogP contribution in [0.25, 0.3) is 10.9 Å². The molecule has 0 amide bonds. The summed E-state index contributed by atoms with van der Waals surface area (Å²) in [5.74, 6) is 0.153. The molecule has 1 saturated carbocycles. The third kappa shape index (κ3) is 3.70. The number of aromatic nitrogens is 1. The van der Waals surface area contributed by atoms with E-state index in [1.807, 2.05) is 18.4 Å². The second kappa shape index (κ2) is 7.56. The van der Waals surface area contributed by atoms with Gasteiger partial charge in [-0.3, -0.25) is 4.79 Å². The molecule has 2 aromatic rings. The molecule has 2 fully saturated rings. The van der Waals surface area contributed by atoms with Crippen molar-refractivity contribution in [1.29, 1.82) is 0 Å². The minimum Gasteiger partial charge on any atom is -0.369 e. The Morgan fingerprint density at radius 3 is 2.62 bits per heavy atom. The van der Waals surface area contributed by atoms with Crippen LogP contribution in [0.1, 0.15) is 56.7 Å². The molecule has 1 saturated heterocycles. The molecule has 1 aliphatic carbocycles. The van der Waals surface area contributed by atoms with Gasteiger partial charge in [-0.05, 0) is 69.6 Å². The molecule has 2 N–H and O–H groups in total. The maximum Gasteiger partial charge on any atom is 0.251 e. The number of rotatable bonds is 6. The molecule has 0 bridgehead atoms. The van der Waals surface area contributed by atoms with Crippen LogP contribution in [0, 0.1) is 18.7 Å². The van der Waals surface area contributed by atoms with Crippen molar-refractivity contribution in [2.75, 3.05) is 18.0 Å². The Balaban J connectivity index is 1.89. The van der Waals surface area contributed by atoms with E-state index in [-0.39, 0.29) is 29.2 Å². The fraction of sp³-hybridized carbons (Fsp3) is 0.565. The number of anilines is 1. The van der Waals surface area contributed by atoms with Crippen molar-refractivity contribution >= 4 is 22.4 Å². The third-order valence-corrected chi connectivity index (χ3v) is 6.53. The fourth-order valence-corrected chi connectivity index (χ4v) is 4.74. The smallest absolute Gasteiger partial charge is 0.251 e. The number of hydrogen-bond acceptors (Lipinski definition) is 4. The predicted molar refractivity (Wildman–Crippen MR) is 114 cm³/mol. The van der Waals surface area contributed by atoms with E-state index >= 15 is 4.39 Å². The van der Waals surface area contributed by atoms with E-state index in [4.69, 9.17) is 5.73 Å². The quantitative estimate of drug-likeness (QED) is 0.808. The lowest BCUT2D eigenvalue weighted by molar-refractivity contribution is -0.116. The standard InChI is InChI=1S/C23H30FN3O2/c1-13(28)4-5-16-10-21(29)27(18-6-7-18)22-14(2)23(20(24)11-19(16)22)26-9-8-17(12-26)15(3)25/h10-11,15,17-18H,4-9,12,25H2,1-3H3/t15-,17+/m0/s1. The molecule has 2 atom stereocenters. The van der Waals surface area contributed by atoms with Crippen molar-refractivity contribution in [3.63, 3.8) is 0 Å². The summed E-state index contributed by atoms with van der Waals surface area (Å²) < 4.78 is 17.2. The highest BCUT2D eigenvalue weighted by molar-refractivity contribution is 5.91. The molecule has 156 valence electrons. The summed E-state index contributed by atoms with van der Waals surface area (Å²) in [5, 5.41) is 0.763. The summed E-state index contributed by atoms with van der Waals surface area (Å²) >= 11 is 0. The van der Waals surface area contributed by atoms with Gasteiger partial charge in [0, 0.05) is 43.0 Å². The van der Waals surface area contributed by atoms with Crippen LogP contribution < -0.4 is 16.2 Å². The van der Waals surface area contributed by atoms with Gasteiger partial charge in [-0.25, -0.2) is 4.39 Å². The van der Waals surface area contributed by atoms with Crippen LogP contribution in [-0.2, 0) is 11.2 Å².